The Hall–Kier alpha value is -0.940. The van der Waals surface area contributed by atoms with E-state index in [2.05, 4.69) is 25.8 Å². The molecule has 0 radical (unpaired) electrons. The molecule has 0 spiro atoms. The molecule has 0 aliphatic heterocycles. The molecule has 84 valence electrons. The lowest BCUT2D eigenvalue weighted by Gasteiger charge is -2.13. The highest BCUT2D eigenvalue weighted by Gasteiger charge is 2.20. The van der Waals surface area contributed by atoms with Crippen molar-refractivity contribution in [3.63, 3.8) is 0 Å². The first kappa shape index (κ1) is 12.1. The van der Waals surface area contributed by atoms with Crippen molar-refractivity contribution in [2.24, 2.45) is 5.73 Å². The normalized spacial score (nSPS) is 13.9. The Bertz CT molecular complexity index is 355. The number of carboxylic acids is 1. The lowest BCUT2D eigenvalue weighted by Crippen LogP contribution is -2.32. The molecule has 15 heavy (non-hydrogen) atoms. The molecule has 0 aliphatic rings. The molecule has 0 unspecified atom stereocenters. The first-order chi connectivity index (χ1) is 6.80. The molecule has 0 aromatic carbocycles. The third-order valence-corrected chi connectivity index (χ3v) is 3.26. The molecule has 0 saturated heterocycles. The fourth-order valence-electron chi connectivity index (χ4n) is 1.06. The highest BCUT2D eigenvalue weighted by Crippen LogP contribution is 2.25. The minimum atomic E-state index is -0.986. The fraction of sp³-hybridized carbons (Fsp3) is 0.600. The van der Waals surface area contributed by atoms with Gasteiger partial charge in [-0.05, 0) is 0 Å². The molecule has 0 amide bonds. The van der Waals surface area contributed by atoms with E-state index in [0.29, 0.717) is 6.42 Å². The van der Waals surface area contributed by atoms with Gasteiger partial charge in [0.2, 0.25) is 0 Å². The van der Waals surface area contributed by atoms with Gasteiger partial charge in [-0.25, -0.2) is 4.98 Å². The van der Waals surface area contributed by atoms with Gasteiger partial charge in [-0.15, -0.1) is 11.3 Å². The number of carbonyl (C=O) groups is 1. The summed E-state index contributed by atoms with van der Waals surface area (Å²) in [7, 11) is 0. The van der Waals surface area contributed by atoms with Crippen molar-refractivity contribution in [2.45, 2.75) is 38.6 Å². The average Bonchev–Trinajstić information content (AvgIpc) is 2.51. The SMILES string of the molecule is CC(C)(C)c1nc(C[C@H](N)C(=O)O)cs1. The summed E-state index contributed by atoms with van der Waals surface area (Å²) in [6.45, 7) is 6.23. The molecule has 0 saturated carbocycles. The van der Waals surface area contributed by atoms with Crippen molar-refractivity contribution in [3.8, 4) is 0 Å². The number of carboxylic acid groups (broad SMARTS) is 1. The smallest absolute Gasteiger partial charge is 0.320 e. The van der Waals surface area contributed by atoms with Crippen LogP contribution in [0.3, 0.4) is 0 Å². The average molecular weight is 228 g/mol. The monoisotopic (exact) mass is 228 g/mol. The minimum absolute atomic E-state index is 0.0102. The van der Waals surface area contributed by atoms with Gasteiger partial charge in [-0.3, -0.25) is 4.79 Å². The second-order valence-electron chi connectivity index (χ2n) is 4.54. The standard InChI is InChI=1S/C10H16N2O2S/c1-10(2,3)9-12-6(5-15-9)4-7(11)8(13)14/h5,7H,4,11H2,1-3H3,(H,13,14)/t7-/m0/s1. The lowest BCUT2D eigenvalue weighted by atomic mass is 9.98. The van der Waals surface area contributed by atoms with Gasteiger partial charge in [0.25, 0.3) is 0 Å². The number of thiazole rings is 1. The van der Waals surface area contributed by atoms with Gasteiger partial charge in [0.1, 0.15) is 6.04 Å². The predicted octanol–water partition coefficient (Wildman–Crippen LogP) is 1.40. The number of nitrogens with two attached hydrogens (primary N) is 1. The van der Waals surface area contributed by atoms with Crippen LogP contribution in [-0.2, 0) is 16.6 Å². The maximum atomic E-state index is 10.6. The molecule has 0 aliphatic carbocycles. The zero-order valence-corrected chi connectivity index (χ0v) is 9.97. The highest BCUT2D eigenvalue weighted by molar-refractivity contribution is 7.09. The second kappa shape index (κ2) is 4.28. The van der Waals surface area contributed by atoms with Crippen LogP contribution in [0.4, 0.5) is 0 Å². The van der Waals surface area contributed by atoms with Gasteiger partial charge in [0.05, 0.1) is 10.7 Å². The molecule has 5 heteroatoms. The van der Waals surface area contributed by atoms with E-state index in [1.54, 1.807) is 11.3 Å². The maximum Gasteiger partial charge on any atom is 0.320 e. The zero-order chi connectivity index (χ0) is 11.6. The van der Waals surface area contributed by atoms with Crippen molar-refractivity contribution in [2.75, 3.05) is 0 Å². The first-order valence-electron chi connectivity index (χ1n) is 4.74. The number of aromatic nitrogens is 1. The molecule has 1 rings (SSSR count). The van der Waals surface area contributed by atoms with Crippen LogP contribution < -0.4 is 5.73 Å². The predicted molar refractivity (Wildman–Crippen MR) is 60.1 cm³/mol. The fourth-order valence-corrected chi connectivity index (χ4v) is 1.98. The number of hydrogen-bond acceptors (Lipinski definition) is 4. The molecular weight excluding hydrogens is 212 g/mol. The molecule has 1 atom stereocenters. The summed E-state index contributed by atoms with van der Waals surface area (Å²) in [5.41, 5.74) is 6.21. The topological polar surface area (TPSA) is 76.2 Å². The Balaban J connectivity index is 2.73. The summed E-state index contributed by atoms with van der Waals surface area (Å²) in [6.07, 6.45) is 0.294. The zero-order valence-electron chi connectivity index (χ0n) is 9.15. The van der Waals surface area contributed by atoms with E-state index in [0.717, 1.165) is 10.7 Å². The quantitative estimate of drug-likeness (QED) is 0.819. The van der Waals surface area contributed by atoms with E-state index in [9.17, 15) is 4.79 Å². The lowest BCUT2D eigenvalue weighted by molar-refractivity contribution is -0.138. The summed E-state index contributed by atoms with van der Waals surface area (Å²) >= 11 is 1.55. The summed E-state index contributed by atoms with van der Waals surface area (Å²) in [5.74, 6) is -0.986. The molecular formula is C10H16N2O2S. The van der Waals surface area contributed by atoms with E-state index < -0.39 is 12.0 Å². The Morgan fingerprint density at radius 1 is 1.67 bits per heavy atom. The van der Waals surface area contributed by atoms with Crippen LogP contribution in [-0.4, -0.2) is 22.1 Å². The Labute approximate surface area is 93.1 Å². The maximum absolute atomic E-state index is 10.6. The molecule has 1 heterocycles. The van der Waals surface area contributed by atoms with Crippen molar-refractivity contribution >= 4 is 17.3 Å². The number of aliphatic carboxylic acids is 1. The molecule has 0 fully saturated rings. The van der Waals surface area contributed by atoms with Crippen LogP contribution in [0.5, 0.6) is 0 Å². The van der Waals surface area contributed by atoms with Crippen LogP contribution in [0.2, 0.25) is 0 Å². The largest absolute Gasteiger partial charge is 0.480 e. The van der Waals surface area contributed by atoms with Crippen LogP contribution in [0, 0.1) is 0 Å². The number of rotatable bonds is 3. The van der Waals surface area contributed by atoms with Crippen LogP contribution in [0.25, 0.3) is 0 Å². The van der Waals surface area contributed by atoms with Gasteiger partial charge in [0, 0.05) is 17.2 Å². The Morgan fingerprint density at radius 2 is 2.27 bits per heavy atom. The van der Waals surface area contributed by atoms with E-state index in [-0.39, 0.29) is 5.41 Å². The highest BCUT2D eigenvalue weighted by atomic mass is 32.1. The molecule has 0 bridgehead atoms. The molecule has 1 aromatic rings. The van der Waals surface area contributed by atoms with Crippen molar-refractivity contribution in [1.29, 1.82) is 0 Å². The van der Waals surface area contributed by atoms with Gasteiger partial charge in [-0.2, -0.15) is 0 Å². The summed E-state index contributed by atoms with van der Waals surface area (Å²) in [6, 6.07) is -0.861. The van der Waals surface area contributed by atoms with Gasteiger partial charge in [-0.1, -0.05) is 20.8 Å². The first-order valence-corrected chi connectivity index (χ1v) is 5.62. The number of hydrogen-bond donors (Lipinski definition) is 2. The third kappa shape index (κ3) is 3.28. The summed E-state index contributed by atoms with van der Waals surface area (Å²) < 4.78 is 0. The molecule has 4 nitrogen and oxygen atoms in total. The summed E-state index contributed by atoms with van der Waals surface area (Å²) in [4.78, 5) is 14.9. The van der Waals surface area contributed by atoms with Crippen molar-refractivity contribution < 1.29 is 9.90 Å². The Kier molecular flexibility index (Phi) is 3.46. The van der Waals surface area contributed by atoms with Crippen molar-refractivity contribution in [1.82, 2.24) is 4.98 Å². The van der Waals surface area contributed by atoms with E-state index >= 15 is 0 Å². The van der Waals surface area contributed by atoms with E-state index in [1.807, 2.05) is 5.38 Å². The van der Waals surface area contributed by atoms with Crippen LogP contribution in [0.15, 0.2) is 5.38 Å². The second-order valence-corrected chi connectivity index (χ2v) is 5.40. The van der Waals surface area contributed by atoms with Gasteiger partial charge < -0.3 is 10.8 Å². The van der Waals surface area contributed by atoms with Crippen LogP contribution >= 0.6 is 11.3 Å². The number of nitrogens with zero attached hydrogens (tertiary/aromatic N) is 1. The van der Waals surface area contributed by atoms with Gasteiger partial charge >= 0.3 is 5.97 Å². The third-order valence-electron chi connectivity index (χ3n) is 1.94. The summed E-state index contributed by atoms with van der Waals surface area (Å²) in [5, 5.41) is 11.5. The molecule has 3 N–H and O–H groups in total. The Morgan fingerprint density at radius 3 is 2.67 bits per heavy atom. The van der Waals surface area contributed by atoms with E-state index in [4.69, 9.17) is 10.8 Å². The van der Waals surface area contributed by atoms with E-state index in [1.165, 1.54) is 0 Å². The molecule has 1 aromatic heterocycles. The minimum Gasteiger partial charge on any atom is -0.480 e. The van der Waals surface area contributed by atoms with Gasteiger partial charge in [0.15, 0.2) is 0 Å². The van der Waals surface area contributed by atoms with Crippen molar-refractivity contribution in [3.05, 3.63) is 16.1 Å². The van der Waals surface area contributed by atoms with Crippen LogP contribution in [0.1, 0.15) is 31.5 Å².